The number of amides is 3. The van der Waals surface area contributed by atoms with Gasteiger partial charge in [0.1, 0.15) is 18.4 Å². The Balaban J connectivity index is 1.45. The fourth-order valence-corrected chi connectivity index (χ4v) is 3.88. The Morgan fingerprint density at radius 2 is 1.93 bits per heavy atom. The molecule has 8 heteroatoms. The first-order chi connectivity index (χ1) is 14.6. The van der Waals surface area contributed by atoms with Crippen molar-refractivity contribution in [2.45, 2.75) is 32.0 Å². The van der Waals surface area contributed by atoms with Crippen molar-refractivity contribution in [2.24, 2.45) is 5.73 Å². The van der Waals surface area contributed by atoms with Gasteiger partial charge < -0.3 is 20.7 Å². The standard InChI is InChI=1S/C22H24N4O4/c23-10-11-30-17-6-4-16(5-7-17)24-12-14-2-1-3-15-13-26(22(29)20(14)15)18-8-9-19(27)25-21(18)28/h1-7,18,24H,8-13,23H2,(H,25,27,28). The number of carbonyl (C=O) groups is 3. The summed E-state index contributed by atoms with van der Waals surface area (Å²) in [7, 11) is 0. The number of benzene rings is 2. The largest absolute Gasteiger partial charge is 0.492 e. The van der Waals surface area contributed by atoms with Gasteiger partial charge in [-0.1, -0.05) is 18.2 Å². The summed E-state index contributed by atoms with van der Waals surface area (Å²) in [6.45, 7) is 1.78. The second-order valence-electron chi connectivity index (χ2n) is 7.37. The van der Waals surface area contributed by atoms with Crippen molar-refractivity contribution in [1.82, 2.24) is 10.2 Å². The van der Waals surface area contributed by atoms with Crippen LogP contribution >= 0.6 is 0 Å². The number of rotatable bonds is 7. The molecule has 0 spiro atoms. The van der Waals surface area contributed by atoms with Crippen molar-refractivity contribution in [3.8, 4) is 5.75 Å². The van der Waals surface area contributed by atoms with Gasteiger partial charge in [0.25, 0.3) is 5.91 Å². The molecule has 0 bridgehead atoms. The maximum Gasteiger partial charge on any atom is 0.255 e. The zero-order chi connectivity index (χ0) is 21.1. The Morgan fingerprint density at radius 3 is 2.67 bits per heavy atom. The molecule has 0 radical (unpaired) electrons. The van der Waals surface area contributed by atoms with Gasteiger partial charge >= 0.3 is 0 Å². The van der Waals surface area contributed by atoms with Crippen LogP contribution in [0.1, 0.15) is 34.3 Å². The molecule has 4 rings (SSSR count). The predicted octanol–water partition coefficient (Wildman–Crippen LogP) is 1.40. The number of hydrogen-bond donors (Lipinski definition) is 3. The SMILES string of the molecule is NCCOc1ccc(NCc2cccc3c2C(=O)N(C2CCC(=O)NC2=O)C3)cc1. The van der Waals surface area contributed by atoms with E-state index in [2.05, 4.69) is 10.6 Å². The lowest BCUT2D eigenvalue weighted by molar-refractivity contribution is -0.136. The summed E-state index contributed by atoms with van der Waals surface area (Å²) in [6, 6.07) is 12.7. The molecule has 1 atom stereocenters. The number of nitrogens with zero attached hydrogens (tertiary/aromatic N) is 1. The highest BCUT2D eigenvalue weighted by atomic mass is 16.5. The second kappa shape index (κ2) is 8.54. The van der Waals surface area contributed by atoms with E-state index >= 15 is 0 Å². The number of piperidine rings is 1. The van der Waals surface area contributed by atoms with E-state index in [0.717, 1.165) is 22.6 Å². The highest BCUT2D eigenvalue weighted by Gasteiger charge is 2.39. The van der Waals surface area contributed by atoms with Crippen LogP contribution in [0.25, 0.3) is 0 Å². The van der Waals surface area contributed by atoms with Gasteiger partial charge in [0, 0.05) is 37.3 Å². The summed E-state index contributed by atoms with van der Waals surface area (Å²) in [5.74, 6) is -0.0992. The van der Waals surface area contributed by atoms with Crippen LogP contribution in [0.4, 0.5) is 5.69 Å². The van der Waals surface area contributed by atoms with E-state index in [9.17, 15) is 14.4 Å². The molecule has 3 amide bonds. The Hall–Kier alpha value is -3.39. The monoisotopic (exact) mass is 408 g/mol. The zero-order valence-corrected chi connectivity index (χ0v) is 16.5. The average molecular weight is 408 g/mol. The highest BCUT2D eigenvalue weighted by molar-refractivity contribution is 6.06. The normalized spacial score (nSPS) is 18.2. The summed E-state index contributed by atoms with van der Waals surface area (Å²) in [4.78, 5) is 38.3. The van der Waals surface area contributed by atoms with E-state index in [1.807, 2.05) is 42.5 Å². The fourth-order valence-electron chi connectivity index (χ4n) is 3.88. The van der Waals surface area contributed by atoms with Gasteiger partial charge in [0.15, 0.2) is 0 Å². The number of carbonyl (C=O) groups excluding carboxylic acids is 3. The van der Waals surface area contributed by atoms with Crippen LogP contribution in [-0.4, -0.2) is 41.8 Å². The first-order valence-electron chi connectivity index (χ1n) is 9.99. The molecule has 30 heavy (non-hydrogen) atoms. The van der Waals surface area contributed by atoms with Crippen molar-refractivity contribution in [2.75, 3.05) is 18.5 Å². The van der Waals surface area contributed by atoms with Crippen molar-refractivity contribution in [3.05, 3.63) is 59.2 Å². The maximum absolute atomic E-state index is 13.1. The molecule has 2 aromatic carbocycles. The third kappa shape index (κ3) is 3.99. The number of anilines is 1. The minimum Gasteiger partial charge on any atom is -0.492 e. The molecule has 2 aliphatic heterocycles. The van der Waals surface area contributed by atoms with E-state index in [4.69, 9.17) is 10.5 Å². The van der Waals surface area contributed by atoms with E-state index in [-0.39, 0.29) is 18.2 Å². The van der Waals surface area contributed by atoms with Crippen LogP contribution in [-0.2, 0) is 22.7 Å². The molecule has 2 aromatic rings. The van der Waals surface area contributed by atoms with Crippen LogP contribution in [0.5, 0.6) is 5.75 Å². The van der Waals surface area contributed by atoms with Gasteiger partial charge in [-0.3, -0.25) is 19.7 Å². The maximum atomic E-state index is 13.1. The molecule has 4 N–H and O–H groups in total. The van der Waals surface area contributed by atoms with E-state index in [1.54, 1.807) is 4.90 Å². The molecule has 0 aliphatic carbocycles. The molecule has 2 heterocycles. The van der Waals surface area contributed by atoms with Gasteiger partial charge in [-0.15, -0.1) is 0 Å². The Kier molecular flexibility index (Phi) is 5.67. The van der Waals surface area contributed by atoms with Gasteiger partial charge in [-0.2, -0.15) is 0 Å². The van der Waals surface area contributed by atoms with Gasteiger partial charge in [0.2, 0.25) is 11.8 Å². The molecular weight excluding hydrogens is 384 g/mol. The molecule has 0 saturated carbocycles. The van der Waals surface area contributed by atoms with Crippen LogP contribution in [0.3, 0.4) is 0 Å². The van der Waals surface area contributed by atoms with Crippen molar-refractivity contribution >= 4 is 23.4 Å². The molecular formula is C22H24N4O4. The quantitative estimate of drug-likeness (QED) is 0.597. The fraction of sp³-hybridized carbons (Fsp3) is 0.318. The van der Waals surface area contributed by atoms with E-state index < -0.39 is 11.9 Å². The zero-order valence-electron chi connectivity index (χ0n) is 16.5. The molecule has 156 valence electrons. The third-order valence-electron chi connectivity index (χ3n) is 5.36. The van der Waals surface area contributed by atoms with E-state index in [1.165, 1.54) is 0 Å². The van der Waals surface area contributed by atoms with Crippen LogP contribution in [0.2, 0.25) is 0 Å². The Morgan fingerprint density at radius 1 is 1.13 bits per heavy atom. The van der Waals surface area contributed by atoms with Gasteiger partial charge in [0.05, 0.1) is 0 Å². The van der Waals surface area contributed by atoms with Gasteiger partial charge in [-0.25, -0.2) is 0 Å². The topological polar surface area (TPSA) is 114 Å². The Bertz CT molecular complexity index is 974. The van der Waals surface area contributed by atoms with Gasteiger partial charge in [-0.05, 0) is 41.8 Å². The van der Waals surface area contributed by atoms with E-state index in [0.29, 0.717) is 38.2 Å². The minimum absolute atomic E-state index is 0.164. The summed E-state index contributed by atoms with van der Waals surface area (Å²) >= 11 is 0. The molecule has 0 aromatic heterocycles. The molecule has 1 unspecified atom stereocenters. The van der Waals surface area contributed by atoms with Crippen molar-refractivity contribution in [3.63, 3.8) is 0 Å². The second-order valence-corrected chi connectivity index (χ2v) is 7.37. The molecule has 1 saturated heterocycles. The number of fused-ring (bicyclic) bond motifs is 1. The Labute approximate surface area is 174 Å². The number of nitrogens with one attached hydrogen (secondary N) is 2. The summed E-state index contributed by atoms with van der Waals surface area (Å²) in [5.41, 5.74) is 8.75. The number of imide groups is 1. The lowest BCUT2D eigenvalue weighted by Crippen LogP contribution is -2.52. The summed E-state index contributed by atoms with van der Waals surface area (Å²) in [5, 5.41) is 5.66. The third-order valence-corrected chi connectivity index (χ3v) is 5.36. The summed E-state index contributed by atoms with van der Waals surface area (Å²) < 4.78 is 5.48. The first-order valence-corrected chi connectivity index (χ1v) is 9.99. The minimum atomic E-state index is -0.607. The molecule has 8 nitrogen and oxygen atoms in total. The smallest absolute Gasteiger partial charge is 0.255 e. The van der Waals surface area contributed by atoms with Crippen LogP contribution < -0.4 is 21.1 Å². The molecule has 1 fully saturated rings. The number of hydrogen-bond acceptors (Lipinski definition) is 6. The average Bonchev–Trinajstić information content (AvgIpc) is 3.08. The number of ether oxygens (including phenoxy) is 1. The predicted molar refractivity (Wildman–Crippen MR) is 111 cm³/mol. The highest BCUT2D eigenvalue weighted by Crippen LogP contribution is 2.30. The molecule has 2 aliphatic rings. The summed E-state index contributed by atoms with van der Waals surface area (Å²) in [6.07, 6.45) is 0.604. The van der Waals surface area contributed by atoms with Crippen molar-refractivity contribution < 1.29 is 19.1 Å². The lowest BCUT2D eigenvalue weighted by atomic mass is 10.0. The van der Waals surface area contributed by atoms with Crippen molar-refractivity contribution in [1.29, 1.82) is 0 Å². The first kappa shape index (κ1) is 19.9. The number of nitrogens with two attached hydrogens (primary N) is 1. The van der Waals surface area contributed by atoms with Crippen LogP contribution in [0, 0.1) is 0 Å². The van der Waals surface area contributed by atoms with Crippen LogP contribution in [0.15, 0.2) is 42.5 Å². The lowest BCUT2D eigenvalue weighted by Gasteiger charge is -2.29.